The zero-order valence-corrected chi connectivity index (χ0v) is 16.1. The highest BCUT2D eigenvalue weighted by atomic mass is 16.5. The van der Waals surface area contributed by atoms with E-state index in [-0.39, 0.29) is 0 Å². The fourth-order valence-electron chi connectivity index (χ4n) is 3.28. The van der Waals surface area contributed by atoms with E-state index in [1.54, 1.807) is 7.11 Å². The number of ether oxygens (including phenoxy) is 2. The number of nitrogens with zero attached hydrogens (tertiary/aromatic N) is 2. The van der Waals surface area contributed by atoms with Gasteiger partial charge in [0.1, 0.15) is 11.9 Å². The van der Waals surface area contributed by atoms with Crippen molar-refractivity contribution in [1.29, 1.82) is 0 Å². The summed E-state index contributed by atoms with van der Waals surface area (Å²) < 4.78 is 13.3. The van der Waals surface area contributed by atoms with Crippen molar-refractivity contribution in [2.24, 2.45) is 0 Å². The lowest BCUT2D eigenvalue weighted by Gasteiger charge is -2.14. The molecule has 1 atom stereocenters. The maximum atomic E-state index is 10.5. The fourth-order valence-corrected chi connectivity index (χ4v) is 3.28. The van der Waals surface area contributed by atoms with Crippen LogP contribution < -0.4 is 9.47 Å². The Morgan fingerprint density at radius 3 is 2.56 bits per heavy atom. The molecule has 0 saturated carbocycles. The third-order valence-electron chi connectivity index (χ3n) is 4.65. The predicted octanol–water partition coefficient (Wildman–Crippen LogP) is 4.74. The van der Waals surface area contributed by atoms with Gasteiger partial charge >= 0.3 is 0 Å². The first-order valence-corrected chi connectivity index (χ1v) is 9.63. The minimum Gasteiger partial charge on any atom is -0.493 e. The number of fused-ring (bicyclic) bond motifs is 1. The van der Waals surface area contributed by atoms with Gasteiger partial charge in [0, 0.05) is 6.54 Å². The summed E-state index contributed by atoms with van der Waals surface area (Å²) in [6, 6.07) is 15.7. The Bertz CT molecular complexity index is 860. The van der Waals surface area contributed by atoms with Crippen molar-refractivity contribution in [2.75, 3.05) is 13.7 Å². The van der Waals surface area contributed by atoms with Crippen molar-refractivity contribution in [3.05, 3.63) is 54.4 Å². The Balaban J connectivity index is 1.62. The van der Waals surface area contributed by atoms with Crippen LogP contribution in [0.15, 0.2) is 48.5 Å². The van der Waals surface area contributed by atoms with E-state index in [0.717, 1.165) is 60.6 Å². The largest absolute Gasteiger partial charge is 0.493 e. The first kappa shape index (κ1) is 19.2. The molecule has 144 valence electrons. The van der Waals surface area contributed by atoms with Gasteiger partial charge in [-0.15, -0.1) is 0 Å². The van der Waals surface area contributed by atoms with Crippen molar-refractivity contribution < 1.29 is 14.6 Å². The summed E-state index contributed by atoms with van der Waals surface area (Å²) in [7, 11) is 1.65. The van der Waals surface area contributed by atoms with Gasteiger partial charge in [0.15, 0.2) is 11.5 Å². The van der Waals surface area contributed by atoms with Crippen LogP contribution in [0.2, 0.25) is 0 Å². The smallest absolute Gasteiger partial charge is 0.161 e. The molecule has 27 heavy (non-hydrogen) atoms. The number of hydrogen-bond donors (Lipinski definition) is 1. The molecule has 3 aromatic rings. The Labute approximate surface area is 160 Å². The SMILES string of the molecule is CCC[C@@H](O)c1nc2ccccc2n1CCCCOc1ccccc1OC. The second-order valence-electron chi connectivity index (χ2n) is 6.62. The first-order valence-electron chi connectivity index (χ1n) is 9.63. The molecule has 0 spiro atoms. The summed E-state index contributed by atoms with van der Waals surface area (Å²) in [5.74, 6) is 2.29. The van der Waals surface area contributed by atoms with E-state index in [2.05, 4.69) is 22.5 Å². The number of rotatable bonds is 10. The van der Waals surface area contributed by atoms with Crippen molar-refractivity contribution in [2.45, 2.75) is 45.3 Å². The molecule has 0 aliphatic carbocycles. The van der Waals surface area contributed by atoms with E-state index in [1.165, 1.54) is 0 Å². The molecule has 0 saturated heterocycles. The predicted molar refractivity (Wildman–Crippen MR) is 107 cm³/mol. The Morgan fingerprint density at radius 2 is 1.78 bits per heavy atom. The molecule has 0 aliphatic heterocycles. The average Bonchev–Trinajstić information content (AvgIpc) is 3.07. The second-order valence-corrected chi connectivity index (χ2v) is 6.62. The van der Waals surface area contributed by atoms with Crippen LogP contribution in [0.5, 0.6) is 11.5 Å². The lowest BCUT2D eigenvalue weighted by molar-refractivity contribution is 0.152. The van der Waals surface area contributed by atoms with Crippen LogP contribution in [-0.2, 0) is 6.54 Å². The normalized spacial score (nSPS) is 12.3. The van der Waals surface area contributed by atoms with E-state index in [0.29, 0.717) is 6.61 Å². The minimum atomic E-state index is -0.521. The van der Waals surface area contributed by atoms with Crippen LogP contribution in [0.4, 0.5) is 0 Å². The van der Waals surface area contributed by atoms with Crippen LogP contribution in [0.3, 0.4) is 0 Å². The zero-order valence-electron chi connectivity index (χ0n) is 16.1. The topological polar surface area (TPSA) is 56.5 Å². The number of aryl methyl sites for hydroxylation is 1. The molecule has 0 unspecified atom stereocenters. The van der Waals surface area contributed by atoms with Gasteiger partial charge in [0.05, 0.1) is 24.8 Å². The van der Waals surface area contributed by atoms with Crippen LogP contribution >= 0.6 is 0 Å². The molecule has 1 heterocycles. The molecule has 1 N–H and O–H groups in total. The highest BCUT2D eigenvalue weighted by molar-refractivity contribution is 5.76. The van der Waals surface area contributed by atoms with Gasteiger partial charge in [-0.25, -0.2) is 4.98 Å². The quantitative estimate of drug-likeness (QED) is 0.525. The number of unbranched alkanes of at least 4 members (excludes halogenated alkanes) is 1. The number of hydrogen-bond acceptors (Lipinski definition) is 4. The Morgan fingerprint density at radius 1 is 1.04 bits per heavy atom. The maximum absolute atomic E-state index is 10.5. The fraction of sp³-hybridized carbons (Fsp3) is 0.409. The average molecular weight is 368 g/mol. The van der Waals surface area contributed by atoms with Crippen LogP contribution in [-0.4, -0.2) is 28.4 Å². The van der Waals surface area contributed by atoms with Gasteiger partial charge in [-0.05, 0) is 43.5 Å². The number of para-hydroxylation sites is 4. The summed E-state index contributed by atoms with van der Waals surface area (Å²) in [5.41, 5.74) is 2.02. The molecule has 0 aliphatic rings. The van der Waals surface area contributed by atoms with Crippen molar-refractivity contribution in [3.8, 4) is 11.5 Å². The van der Waals surface area contributed by atoms with E-state index < -0.39 is 6.10 Å². The molecule has 0 radical (unpaired) electrons. The van der Waals surface area contributed by atoms with Gasteiger partial charge in [-0.3, -0.25) is 0 Å². The molecule has 5 heteroatoms. The number of imidazole rings is 1. The van der Waals surface area contributed by atoms with Gasteiger partial charge < -0.3 is 19.1 Å². The number of aromatic nitrogens is 2. The van der Waals surface area contributed by atoms with Gasteiger partial charge in [0.25, 0.3) is 0 Å². The third-order valence-corrected chi connectivity index (χ3v) is 4.65. The molecule has 2 aromatic carbocycles. The molecule has 3 rings (SSSR count). The summed E-state index contributed by atoms with van der Waals surface area (Å²) in [4.78, 5) is 4.67. The molecule has 0 fully saturated rings. The Kier molecular flexibility index (Phi) is 6.71. The van der Waals surface area contributed by atoms with Crippen molar-refractivity contribution in [1.82, 2.24) is 9.55 Å². The summed E-state index contributed by atoms with van der Waals surface area (Å²) in [6.45, 7) is 3.51. The lowest BCUT2D eigenvalue weighted by atomic mass is 10.2. The highest BCUT2D eigenvalue weighted by Crippen LogP contribution is 2.26. The zero-order chi connectivity index (χ0) is 19.1. The van der Waals surface area contributed by atoms with Crippen LogP contribution in [0.25, 0.3) is 11.0 Å². The minimum absolute atomic E-state index is 0.521. The monoisotopic (exact) mass is 368 g/mol. The van der Waals surface area contributed by atoms with Gasteiger partial charge in [-0.1, -0.05) is 37.6 Å². The van der Waals surface area contributed by atoms with Gasteiger partial charge in [-0.2, -0.15) is 0 Å². The van der Waals surface area contributed by atoms with E-state index in [1.807, 2.05) is 42.5 Å². The van der Waals surface area contributed by atoms with Crippen LogP contribution in [0, 0.1) is 0 Å². The van der Waals surface area contributed by atoms with Crippen molar-refractivity contribution >= 4 is 11.0 Å². The second kappa shape index (κ2) is 9.42. The number of aliphatic hydroxyl groups is 1. The summed E-state index contributed by atoms with van der Waals surface area (Å²) >= 11 is 0. The number of aliphatic hydroxyl groups excluding tert-OH is 1. The molecule has 0 amide bonds. The molecular formula is C22H28N2O3. The molecule has 1 aromatic heterocycles. The van der Waals surface area contributed by atoms with E-state index in [4.69, 9.17) is 9.47 Å². The standard InChI is InChI=1S/C22H28N2O3/c1-3-10-19(25)22-23-17-11-4-5-12-18(17)24(22)15-8-9-16-27-21-14-7-6-13-20(21)26-2/h4-7,11-14,19,25H,3,8-10,15-16H2,1-2H3/t19-/m1/s1. The Hall–Kier alpha value is -2.53. The highest BCUT2D eigenvalue weighted by Gasteiger charge is 2.17. The summed E-state index contributed by atoms with van der Waals surface area (Å²) in [6.07, 6.45) is 2.99. The van der Waals surface area contributed by atoms with Gasteiger partial charge in [0.2, 0.25) is 0 Å². The maximum Gasteiger partial charge on any atom is 0.161 e. The summed E-state index contributed by atoms with van der Waals surface area (Å²) in [5, 5.41) is 10.5. The van der Waals surface area contributed by atoms with Crippen LogP contribution in [0.1, 0.15) is 44.5 Å². The van der Waals surface area contributed by atoms with E-state index in [9.17, 15) is 5.11 Å². The van der Waals surface area contributed by atoms with Crippen molar-refractivity contribution in [3.63, 3.8) is 0 Å². The lowest BCUT2D eigenvalue weighted by Crippen LogP contribution is -2.10. The molecular weight excluding hydrogens is 340 g/mol. The molecule has 5 nitrogen and oxygen atoms in total. The number of methoxy groups -OCH3 is 1. The third kappa shape index (κ3) is 4.61. The molecule has 0 bridgehead atoms. The number of benzene rings is 2. The first-order chi connectivity index (χ1) is 13.2. The van der Waals surface area contributed by atoms with E-state index >= 15 is 0 Å².